The summed E-state index contributed by atoms with van der Waals surface area (Å²) in [5.41, 5.74) is 0. The lowest BCUT2D eigenvalue weighted by Crippen LogP contribution is -2.51. The van der Waals surface area contributed by atoms with E-state index in [0.717, 1.165) is 64.7 Å². The van der Waals surface area contributed by atoms with Gasteiger partial charge in [-0.15, -0.1) is 0 Å². The Kier molecular flexibility index (Phi) is 6.18. The maximum Gasteiger partial charge on any atom is 0.229 e. The van der Waals surface area contributed by atoms with Crippen LogP contribution in [0.1, 0.15) is 70.0 Å². The van der Waals surface area contributed by atoms with Gasteiger partial charge in [-0.05, 0) is 45.1 Å². The van der Waals surface area contributed by atoms with Crippen molar-refractivity contribution in [1.29, 1.82) is 0 Å². The van der Waals surface area contributed by atoms with Crippen LogP contribution < -0.4 is 5.32 Å². The van der Waals surface area contributed by atoms with Crippen LogP contribution in [0.4, 0.5) is 0 Å². The van der Waals surface area contributed by atoms with Crippen LogP contribution >= 0.6 is 0 Å². The monoisotopic (exact) mass is 403 g/mol. The summed E-state index contributed by atoms with van der Waals surface area (Å²) in [4.78, 5) is 33.8. The molecule has 0 unspecified atom stereocenters. The molecule has 0 bridgehead atoms. The van der Waals surface area contributed by atoms with E-state index in [2.05, 4.69) is 25.3 Å². The van der Waals surface area contributed by atoms with Gasteiger partial charge < -0.3 is 14.7 Å². The van der Waals surface area contributed by atoms with Crippen LogP contribution in [-0.4, -0.2) is 64.0 Å². The quantitative estimate of drug-likeness (QED) is 0.780. The minimum absolute atomic E-state index is 0.00588. The molecule has 2 aliphatic heterocycles. The first-order valence-corrected chi connectivity index (χ1v) is 11.1. The van der Waals surface area contributed by atoms with E-state index < -0.39 is 0 Å². The standard InChI is InChI=1S/C21H33N5O3/c1-14(2)20-23-18(24-29-20)12-22-19(27)16-4-3-9-26(13-16)17-7-10-25(11-8-17)21(28)15-5-6-15/h14-17H,3-13H2,1-2H3,(H,22,27)/t16-/m1/s1. The highest BCUT2D eigenvalue weighted by atomic mass is 16.5. The van der Waals surface area contributed by atoms with E-state index in [1.165, 1.54) is 0 Å². The summed E-state index contributed by atoms with van der Waals surface area (Å²) in [7, 11) is 0. The molecule has 8 heteroatoms. The van der Waals surface area contributed by atoms with Crippen LogP contribution in [0.15, 0.2) is 4.52 Å². The van der Waals surface area contributed by atoms with Crippen molar-refractivity contribution in [2.75, 3.05) is 26.2 Å². The first-order chi connectivity index (χ1) is 14.0. The fraction of sp³-hybridized carbons (Fsp3) is 0.810. The van der Waals surface area contributed by atoms with Gasteiger partial charge in [0.1, 0.15) is 0 Å². The summed E-state index contributed by atoms with van der Waals surface area (Å²) in [6.45, 7) is 7.89. The molecule has 1 aromatic rings. The Balaban J connectivity index is 1.23. The predicted octanol–water partition coefficient (Wildman–Crippen LogP) is 1.92. The minimum Gasteiger partial charge on any atom is -0.348 e. The van der Waals surface area contributed by atoms with Crippen molar-refractivity contribution in [3.8, 4) is 0 Å². The summed E-state index contributed by atoms with van der Waals surface area (Å²) in [6.07, 6.45) is 6.15. The molecule has 0 aromatic carbocycles. The summed E-state index contributed by atoms with van der Waals surface area (Å²) < 4.78 is 5.20. The second kappa shape index (κ2) is 8.81. The molecule has 29 heavy (non-hydrogen) atoms. The van der Waals surface area contributed by atoms with Crippen LogP contribution in [-0.2, 0) is 16.1 Å². The summed E-state index contributed by atoms with van der Waals surface area (Å²) in [5.74, 6) is 2.07. The molecular weight excluding hydrogens is 370 g/mol. The Morgan fingerprint density at radius 1 is 1.10 bits per heavy atom. The van der Waals surface area contributed by atoms with Crippen LogP contribution in [0.2, 0.25) is 0 Å². The Labute approximate surface area is 172 Å². The fourth-order valence-corrected chi connectivity index (χ4v) is 4.48. The summed E-state index contributed by atoms with van der Waals surface area (Å²) >= 11 is 0. The summed E-state index contributed by atoms with van der Waals surface area (Å²) in [6, 6.07) is 0.486. The molecule has 1 aromatic heterocycles. The van der Waals surface area contributed by atoms with E-state index >= 15 is 0 Å². The van der Waals surface area contributed by atoms with Gasteiger partial charge in [0.2, 0.25) is 17.7 Å². The number of likely N-dealkylation sites (tertiary alicyclic amines) is 2. The number of piperidine rings is 2. The van der Waals surface area contributed by atoms with E-state index in [9.17, 15) is 9.59 Å². The van der Waals surface area contributed by atoms with Crippen LogP contribution in [0.3, 0.4) is 0 Å². The SMILES string of the molecule is CC(C)c1nc(CNC(=O)[C@@H]2CCCN(C3CCN(C(=O)C4CC4)CC3)C2)no1. The van der Waals surface area contributed by atoms with Crippen molar-refractivity contribution in [1.82, 2.24) is 25.3 Å². The number of nitrogens with one attached hydrogen (secondary N) is 1. The number of rotatable bonds is 6. The third-order valence-electron chi connectivity index (χ3n) is 6.44. The maximum atomic E-state index is 12.7. The average molecular weight is 404 g/mol. The van der Waals surface area contributed by atoms with E-state index in [-0.39, 0.29) is 17.7 Å². The molecule has 8 nitrogen and oxygen atoms in total. The largest absolute Gasteiger partial charge is 0.348 e. The minimum atomic E-state index is 0.00588. The molecule has 2 amide bonds. The topological polar surface area (TPSA) is 91.6 Å². The van der Waals surface area contributed by atoms with Crippen LogP contribution in [0, 0.1) is 11.8 Å². The van der Waals surface area contributed by atoms with Gasteiger partial charge in [0.05, 0.1) is 12.5 Å². The number of aromatic nitrogens is 2. The van der Waals surface area contributed by atoms with E-state index in [0.29, 0.717) is 36.1 Å². The molecule has 3 aliphatic rings. The molecule has 3 heterocycles. The van der Waals surface area contributed by atoms with Crippen molar-refractivity contribution >= 4 is 11.8 Å². The van der Waals surface area contributed by atoms with Gasteiger partial charge in [-0.2, -0.15) is 4.98 Å². The van der Waals surface area contributed by atoms with E-state index in [1.807, 2.05) is 13.8 Å². The zero-order valence-electron chi connectivity index (χ0n) is 17.6. The van der Waals surface area contributed by atoms with Crippen LogP contribution in [0.5, 0.6) is 0 Å². The number of hydrogen-bond donors (Lipinski definition) is 1. The third kappa shape index (κ3) is 4.97. The molecule has 4 rings (SSSR count). The van der Waals surface area contributed by atoms with Crippen molar-refractivity contribution in [3.63, 3.8) is 0 Å². The highest BCUT2D eigenvalue weighted by Gasteiger charge is 2.37. The molecule has 1 aliphatic carbocycles. The number of nitrogens with zero attached hydrogens (tertiary/aromatic N) is 4. The van der Waals surface area contributed by atoms with Gasteiger partial charge in [-0.3, -0.25) is 14.5 Å². The highest BCUT2D eigenvalue weighted by molar-refractivity contribution is 5.81. The zero-order valence-corrected chi connectivity index (χ0v) is 17.6. The van der Waals surface area contributed by atoms with Gasteiger partial charge >= 0.3 is 0 Å². The van der Waals surface area contributed by atoms with Gasteiger partial charge in [0, 0.05) is 37.5 Å². The first-order valence-electron chi connectivity index (χ1n) is 11.1. The Hall–Kier alpha value is -1.96. The summed E-state index contributed by atoms with van der Waals surface area (Å²) in [5, 5.41) is 6.92. The van der Waals surface area contributed by atoms with Crippen molar-refractivity contribution < 1.29 is 14.1 Å². The molecule has 1 saturated carbocycles. The van der Waals surface area contributed by atoms with Gasteiger partial charge in [0.15, 0.2) is 5.82 Å². The molecular formula is C21H33N5O3. The Morgan fingerprint density at radius 2 is 1.86 bits per heavy atom. The van der Waals surface area contributed by atoms with Gasteiger partial charge in [0.25, 0.3) is 0 Å². The van der Waals surface area contributed by atoms with E-state index in [1.54, 1.807) is 0 Å². The first kappa shape index (κ1) is 20.3. The number of hydrogen-bond acceptors (Lipinski definition) is 6. The third-order valence-corrected chi connectivity index (χ3v) is 6.44. The predicted molar refractivity (Wildman–Crippen MR) is 107 cm³/mol. The normalized spacial score (nSPS) is 24.1. The number of carbonyl (C=O) groups is 2. The maximum absolute atomic E-state index is 12.7. The average Bonchev–Trinajstić information content (AvgIpc) is 3.48. The lowest BCUT2D eigenvalue weighted by molar-refractivity contribution is -0.134. The molecule has 0 radical (unpaired) electrons. The molecule has 3 fully saturated rings. The zero-order chi connectivity index (χ0) is 20.4. The lowest BCUT2D eigenvalue weighted by atomic mass is 9.93. The molecule has 2 saturated heterocycles. The highest BCUT2D eigenvalue weighted by Crippen LogP contribution is 2.32. The second-order valence-corrected chi connectivity index (χ2v) is 9.09. The lowest BCUT2D eigenvalue weighted by Gasteiger charge is -2.42. The van der Waals surface area contributed by atoms with Crippen molar-refractivity contribution in [2.45, 2.75) is 70.9 Å². The Morgan fingerprint density at radius 3 is 2.52 bits per heavy atom. The Bertz CT molecular complexity index is 722. The second-order valence-electron chi connectivity index (χ2n) is 9.09. The van der Waals surface area contributed by atoms with E-state index in [4.69, 9.17) is 4.52 Å². The number of carbonyl (C=O) groups excluding carboxylic acids is 2. The fourth-order valence-electron chi connectivity index (χ4n) is 4.48. The van der Waals surface area contributed by atoms with Gasteiger partial charge in [-0.1, -0.05) is 19.0 Å². The van der Waals surface area contributed by atoms with Crippen molar-refractivity contribution in [2.24, 2.45) is 11.8 Å². The van der Waals surface area contributed by atoms with Gasteiger partial charge in [-0.25, -0.2) is 0 Å². The van der Waals surface area contributed by atoms with Crippen LogP contribution in [0.25, 0.3) is 0 Å². The van der Waals surface area contributed by atoms with Crippen molar-refractivity contribution in [3.05, 3.63) is 11.7 Å². The molecule has 160 valence electrons. The molecule has 1 N–H and O–H groups in total. The molecule has 0 spiro atoms. The smallest absolute Gasteiger partial charge is 0.229 e. The molecule has 1 atom stereocenters. The number of amides is 2.